The van der Waals surface area contributed by atoms with E-state index in [-0.39, 0.29) is 0 Å². The molecule has 1 N–H and O–H groups in total. The highest BCUT2D eigenvalue weighted by Crippen LogP contribution is 2.37. The first kappa shape index (κ1) is 10.4. The summed E-state index contributed by atoms with van der Waals surface area (Å²) in [5, 5.41) is 3.40. The van der Waals surface area contributed by atoms with E-state index >= 15 is 0 Å². The highest BCUT2D eigenvalue weighted by molar-refractivity contribution is 4.88. The number of hydrogen-bond acceptors (Lipinski definition) is 2. The van der Waals surface area contributed by atoms with Gasteiger partial charge >= 0.3 is 0 Å². The molecule has 0 amide bonds. The minimum atomic E-state index is 1.06. The van der Waals surface area contributed by atoms with E-state index in [0.717, 1.165) is 18.4 Å². The lowest BCUT2D eigenvalue weighted by Gasteiger charge is -2.16. The van der Waals surface area contributed by atoms with E-state index in [0.29, 0.717) is 0 Å². The van der Waals surface area contributed by atoms with Crippen molar-refractivity contribution in [3.05, 3.63) is 0 Å². The van der Waals surface area contributed by atoms with Crippen LogP contribution in [-0.2, 0) is 0 Å². The standard InChI is InChI=1S/C12H24N2/c1-2-13-7-4-8-14-9-11-5-3-6-12(11)10-14/h11-13H,2-10H2,1H3. The van der Waals surface area contributed by atoms with Gasteiger partial charge in [0.2, 0.25) is 0 Å². The van der Waals surface area contributed by atoms with E-state index in [9.17, 15) is 0 Å². The third-order valence-corrected chi connectivity index (χ3v) is 3.88. The SMILES string of the molecule is CCNCCCN1CC2CCCC2C1. The molecule has 0 radical (unpaired) electrons. The molecule has 0 bridgehead atoms. The second kappa shape index (κ2) is 5.13. The largest absolute Gasteiger partial charge is 0.317 e. The second-order valence-corrected chi connectivity index (χ2v) is 4.92. The number of likely N-dealkylation sites (tertiary alicyclic amines) is 1. The second-order valence-electron chi connectivity index (χ2n) is 4.92. The molecule has 1 heterocycles. The number of nitrogens with zero attached hydrogens (tertiary/aromatic N) is 1. The molecule has 1 aliphatic carbocycles. The van der Waals surface area contributed by atoms with Crippen molar-refractivity contribution in [3.63, 3.8) is 0 Å². The molecular formula is C12H24N2. The molecule has 2 unspecified atom stereocenters. The molecule has 0 aromatic heterocycles. The predicted octanol–water partition coefficient (Wildman–Crippen LogP) is 1.72. The van der Waals surface area contributed by atoms with Gasteiger partial charge in [0.15, 0.2) is 0 Å². The van der Waals surface area contributed by atoms with Gasteiger partial charge in [-0.1, -0.05) is 13.3 Å². The topological polar surface area (TPSA) is 15.3 Å². The Morgan fingerprint density at radius 3 is 2.57 bits per heavy atom. The van der Waals surface area contributed by atoms with Crippen molar-refractivity contribution in [2.75, 3.05) is 32.7 Å². The van der Waals surface area contributed by atoms with Crippen LogP contribution in [0.1, 0.15) is 32.6 Å². The zero-order chi connectivity index (χ0) is 9.80. The molecule has 1 saturated heterocycles. The summed E-state index contributed by atoms with van der Waals surface area (Å²) < 4.78 is 0. The van der Waals surface area contributed by atoms with E-state index < -0.39 is 0 Å². The van der Waals surface area contributed by atoms with Gasteiger partial charge in [-0.15, -0.1) is 0 Å². The third-order valence-electron chi connectivity index (χ3n) is 3.88. The molecule has 0 aromatic carbocycles. The van der Waals surface area contributed by atoms with E-state index in [1.54, 1.807) is 0 Å². The van der Waals surface area contributed by atoms with Crippen molar-refractivity contribution in [3.8, 4) is 0 Å². The van der Waals surface area contributed by atoms with E-state index in [1.165, 1.54) is 51.9 Å². The Morgan fingerprint density at radius 1 is 1.21 bits per heavy atom. The van der Waals surface area contributed by atoms with Crippen molar-refractivity contribution >= 4 is 0 Å². The number of hydrogen-bond donors (Lipinski definition) is 1. The molecule has 82 valence electrons. The highest BCUT2D eigenvalue weighted by Gasteiger charge is 2.35. The molecule has 14 heavy (non-hydrogen) atoms. The van der Waals surface area contributed by atoms with Gasteiger partial charge in [0.1, 0.15) is 0 Å². The van der Waals surface area contributed by atoms with Gasteiger partial charge in [-0.2, -0.15) is 0 Å². The van der Waals surface area contributed by atoms with Gasteiger partial charge < -0.3 is 10.2 Å². The van der Waals surface area contributed by atoms with Crippen LogP contribution in [0.2, 0.25) is 0 Å². The van der Waals surface area contributed by atoms with Gasteiger partial charge in [-0.3, -0.25) is 0 Å². The van der Waals surface area contributed by atoms with Gasteiger partial charge in [-0.05, 0) is 50.7 Å². The first-order valence-corrected chi connectivity index (χ1v) is 6.33. The predicted molar refractivity (Wildman–Crippen MR) is 60.4 cm³/mol. The van der Waals surface area contributed by atoms with Gasteiger partial charge in [0.05, 0.1) is 0 Å². The molecule has 2 aliphatic rings. The summed E-state index contributed by atoms with van der Waals surface area (Å²) in [5.41, 5.74) is 0. The lowest BCUT2D eigenvalue weighted by molar-refractivity contribution is 0.305. The van der Waals surface area contributed by atoms with E-state index in [4.69, 9.17) is 0 Å². The average molecular weight is 196 g/mol. The van der Waals surface area contributed by atoms with Crippen LogP contribution in [0.25, 0.3) is 0 Å². The zero-order valence-corrected chi connectivity index (χ0v) is 9.47. The molecule has 0 spiro atoms. The maximum Gasteiger partial charge on any atom is 0.00129 e. The molecule has 2 rings (SSSR count). The molecule has 0 aromatic rings. The normalized spacial score (nSPS) is 32.4. The summed E-state index contributed by atoms with van der Waals surface area (Å²) >= 11 is 0. The van der Waals surface area contributed by atoms with Gasteiger partial charge in [0, 0.05) is 13.1 Å². The van der Waals surface area contributed by atoms with Gasteiger partial charge in [-0.25, -0.2) is 0 Å². The molecular weight excluding hydrogens is 172 g/mol. The molecule has 2 fully saturated rings. The fourth-order valence-corrected chi connectivity index (χ4v) is 3.12. The van der Waals surface area contributed by atoms with Crippen molar-refractivity contribution < 1.29 is 0 Å². The smallest absolute Gasteiger partial charge is 0.00129 e. The first-order valence-electron chi connectivity index (χ1n) is 6.33. The fraction of sp³-hybridized carbons (Fsp3) is 1.00. The van der Waals surface area contributed by atoms with Crippen LogP contribution in [0, 0.1) is 11.8 Å². The van der Waals surface area contributed by atoms with Crippen LogP contribution in [0.3, 0.4) is 0 Å². The van der Waals surface area contributed by atoms with Crippen LogP contribution in [0.5, 0.6) is 0 Å². The van der Waals surface area contributed by atoms with Crippen LogP contribution in [0.15, 0.2) is 0 Å². The third kappa shape index (κ3) is 2.48. The maximum absolute atomic E-state index is 3.40. The molecule has 2 heteroatoms. The minimum absolute atomic E-state index is 1.06. The summed E-state index contributed by atoms with van der Waals surface area (Å²) in [5.74, 6) is 2.13. The Hall–Kier alpha value is -0.0800. The van der Waals surface area contributed by atoms with Crippen LogP contribution in [-0.4, -0.2) is 37.6 Å². The van der Waals surface area contributed by atoms with E-state index in [1.807, 2.05) is 0 Å². The maximum atomic E-state index is 3.40. The van der Waals surface area contributed by atoms with Crippen molar-refractivity contribution in [2.24, 2.45) is 11.8 Å². The summed E-state index contributed by atoms with van der Waals surface area (Å²) in [6, 6.07) is 0. The van der Waals surface area contributed by atoms with Crippen LogP contribution < -0.4 is 5.32 Å². The lowest BCUT2D eigenvalue weighted by Crippen LogP contribution is -2.26. The molecule has 1 saturated carbocycles. The Morgan fingerprint density at radius 2 is 1.93 bits per heavy atom. The van der Waals surface area contributed by atoms with Crippen LogP contribution >= 0.6 is 0 Å². The summed E-state index contributed by atoms with van der Waals surface area (Å²) in [7, 11) is 0. The Bertz CT molecular complexity index is 158. The van der Waals surface area contributed by atoms with E-state index in [2.05, 4.69) is 17.1 Å². The Labute approximate surface area is 88.1 Å². The highest BCUT2D eigenvalue weighted by atomic mass is 15.2. The minimum Gasteiger partial charge on any atom is -0.317 e. The zero-order valence-electron chi connectivity index (χ0n) is 9.47. The summed E-state index contributed by atoms with van der Waals surface area (Å²) in [4.78, 5) is 2.69. The first-order chi connectivity index (χ1) is 6.90. The van der Waals surface area contributed by atoms with Crippen molar-refractivity contribution in [1.29, 1.82) is 0 Å². The number of nitrogens with one attached hydrogen (secondary N) is 1. The monoisotopic (exact) mass is 196 g/mol. The molecule has 1 aliphatic heterocycles. The Kier molecular flexibility index (Phi) is 3.82. The van der Waals surface area contributed by atoms with Crippen LogP contribution in [0.4, 0.5) is 0 Å². The summed E-state index contributed by atoms with van der Waals surface area (Å²) in [6.45, 7) is 8.61. The number of rotatable bonds is 5. The lowest BCUT2D eigenvalue weighted by atomic mass is 10.0. The summed E-state index contributed by atoms with van der Waals surface area (Å²) in [6.07, 6.45) is 5.84. The molecule has 2 atom stereocenters. The average Bonchev–Trinajstić information content (AvgIpc) is 2.72. The Balaban J connectivity index is 1.60. The van der Waals surface area contributed by atoms with Gasteiger partial charge in [0.25, 0.3) is 0 Å². The molecule has 2 nitrogen and oxygen atoms in total. The number of fused-ring (bicyclic) bond motifs is 1. The fourth-order valence-electron chi connectivity index (χ4n) is 3.12. The quantitative estimate of drug-likeness (QED) is 0.674. The van der Waals surface area contributed by atoms with Crippen molar-refractivity contribution in [2.45, 2.75) is 32.6 Å². The van der Waals surface area contributed by atoms with Crippen molar-refractivity contribution in [1.82, 2.24) is 10.2 Å².